The van der Waals surface area contributed by atoms with Crippen LogP contribution in [0.2, 0.25) is 5.02 Å². The van der Waals surface area contributed by atoms with Crippen molar-refractivity contribution in [3.05, 3.63) is 29.0 Å². The second-order valence-corrected chi connectivity index (χ2v) is 4.47. The number of hydrogen-bond donors (Lipinski definition) is 1. The van der Waals surface area contributed by atoms with Gasteiger partial charge in [-0.25, -0.2) is 4.39 Å². The molecule has 1 N–H and O–H groups in total. The number of hydrogen-bond acceptors (Lipinski definition) is 2. The molecule has 1 saturated heterocycles. The van der Waals surface area contributed by atoms with Gasteiger partial charge in [0.25, 0.3) is 0 Å². The Balaban J connectivity index is 1.86. The lowest BCUT2D eigenvalue weighted by Gasteiger charge is -2.22. The first-order valence-electron chi connectivity index (χ1n) is 5.52. The lowest BCUT2D eigenvalue weighted by Crippen LogP contribution is -2.22. The van der Waals surface area contributed by atoms with E-state index in [0.29, 0.717) is 5.92 Å². The highest BCUT2D eigenvalue weighted by molar-refractivity contribution is 6.30. The summed E-state index contributed by atoms with van der Waals surface area (Å²) < 4.78 is 18.4. The van der Waals surface area contributed by atoms with Gasteiger partial charge in [-0.15, -0.1) is 0 Å². The fourth-order valence-corrected chi connectivity index (χ4v) is 1.94. The summed E-state index contributed by atoms with van der Waals surface area (Å²) in [5, 5.41) is 3.39. The number of nitrogens with one attached hydrogen (secondary N) is 1. The van der Waals surface area contributed by atoms with Crippen LogP contribution >= 0.6 is 11.6 Å². The molecule has 2 nitrogen and oxygen atoms in total. The van der Waals surface area contributed by atoms with Crippen LogP contribution in [-0.4, -0.2) is 19.8 Å². The molecule has 88 valence electrons. The summed E-state index contributed by atoms with van der Waals surface area (Å²) in [6.07, 6.45) is 2.14. The van der Waals surface area contributed by atoms with E-state index in [1.54, 1.807) is 12.1 Å². The van der Waals surface area contributed by atoms with Gasteiger partial charge in [-0.3, -0.25) is 0 Å². The van der Waals surface area contributed by atoms with Gasteiger partial charge in [-0.1, -0.05) is 11.6 Å². The van der Waals surface area contributed by atoms with Crippen molar-refractivity contribution in [2.75, 3.05) is 25.1 Å². The second kappa shape index (κ2) is 5.51. The lowest BCUT2D eigenvalue weighted by atomic mass is 10.0. The standard InChI is InChI=1S/C12H15ClFNO/c13-11-2-1-10(7-12(11)14)15-8-9-3-5-16-6-4-9/h1-2,7,9,15H,3-6,8H2. The summed E-state index contributed by atoms with van der Waals surface area (Å²) in [5.41, 5.74) is 0.786. The predicted octanol–water partition coefficient (Wildman–Crippen LogP) is 3.32. The van der Waals surface area contributed by atoms with Crippen LogP contribution in [0.25, 0.3) is 0 Å². The van der Waals surface area contributed by atoms with Gasteiger partial charge < -0.3 is 10.1 Å². The smallest absolute Gasteiger partial charge is 0.143 e. The van der Waals surface area contributed by atoms with E-state index in [2.05, 4.69) is 5.32 Å². The summed E-state index contributed by atoms with van der Waals surface area (Å²) in [5.74, 6) is 0.242. The summed E-state index contributed by atoms with van der Waals surface area (Å²) in [7, 11) is 0. The Labute approximate surface area is 99.7 Å². The van der Waals surface area contributed by atoms with Gasteiger partial charge in [0.1, 0.15) is 5.82 Å². The molecule has 1 aromatic carbocycles. The maximum Gasteiger partial charge on any atom is 0.143 e. The van der Waals surface area contributed by atoms with Crippen LogP contribution in [0.1, 0.15) is 12.8 Å². The molecule has 0 radical (unpaired) electrons. The van der Waals surface area contributed by atoms with E-state index in [4.69, 9.17) is 16.3 Å². The maximum absolute atomic E-state index is 13.2. The minimum atomic E-state index is -0.376. The molecule has 0 spiro atoms. The summed E-state index contributed by atoms with van der Waals surface area (Å²) in [6, 6.07) is 4.80. The average molecular weight is 244 g/mol. The molecule has 1 aromatic rings. The van der Waals surface area contributed by atoms with Gasteiger partial charge in [-0.2, -0.15) is 0 Å². The quantitative estimate of drug-likeness (QED) is 0.880. The van der Waals surface area contributed by atoms with Crippen molar-refractivity contribution in [1.29, 1.82) is 0 Å². The Morgan fingerprint density at radius 1 is 1.38 bits per heavy atom. The zero-order chi connectivity index (χ0) is 11.4. The monoisotopic (exact) mass is 243 g/mol. The molecule has 1 heterocycles. The third-order valence-electron chi connectivity index (χ3n) is 2.86. The Bertz CT molecular complexity index is 353. The van der Waals surface area contributed by atoms with Crippen LogP contribution < -0.4 is 5.32 Å². The van der Waals surface area contributed by atoms with Gasteiger partial charge in [0.05, 0.1) is 5.02 Å². The van der Waals surface area contributed by atoms with E-state index < -0.39 is 0 Å². The van der Waals surface area contributed by atoms with E-state index in [1.165, 1.54) is 6.07 Å². The number of anilines is 1. The summed E-state index contributed by atoms with van der Waals surface area (Å²) >= 11 is 5.61. The van der Waals surface area contributed by atoms with Crippen LogP contribution in [0.5, 0.6) is 0 Å². The Kier molecular flexibility index (Phi) is 4.02. The molecule has 16 heavy (non-hydrogen) atoms. The molecule has 1 fully saturated rings. The van der Waals surface area contributed by atoms with Crippen LogP contribution in [0, 0.1) is 11.7 Å². The van der Waals surface area contributed by atoms with E-state index in [1.807, 2.05) is 0 Å². The minimum absolute atomic E-state index is 0.164. The Hall–Kier alpha value is -0.800. The molecule has 1 aliphatic rings. The van der Waals surface area contributed by atoms with Gasteiger partial charge in [-0.05, 0) is 37.0 Å². The van der Waals surface area contributed by atoms with Gasteiger partial charge in [0.2, 0.25) is 0 Å². The van der Waals surface area contributed by atoms with Crippen molar-refractivity contribution in [2.24, 2.45) is 5.92 Å². The number of ether oxygens (including phenoxy) is 1. The van der Waals surface area contributed by atoms with Gasteiger partial charge >= 0.3 is 0 Å². The molecule has 0 aromatic heterocycles. The van der Waals surface area contributed by atoms with Crippen molar-refractivity contribution in [3.63, 3.8) is 0 Å². The normalized spacial score (nSPS) is 17.4. The molecule has 0 unspecified atom stereocenters. The third kappa shape index (κ3) is 3.09. The molecule has 0 atom stereocenters. The summed E-state index contributed by atoms with van der Waals surface area (Å²) in [4.78, 5) is 0. The molecular formula is C12H15ClFNO. The average Bonchev–Trinajstić information content (AvgIpc) is 2.32. The molecule has 0 saturated carbocycles. The predicted molar refractivity (Wildman–Crippen MR) is 63.4 cm³/mol. The lowest BCUT2D eigenvalue weighted by molar-refractivity contribution is 0.0699. The highest BCUT2D eigenvalue weighted by atomic mass is 35.5. The van der Waals surface area contributed by atoms with Crippen LogP contribution in [0.15, 0.2) is 18.2 Å². The molecule has 0 aliphatic carbocycles. The largest absolute Gasteiger partial charge is 0.385 e. The first kappa shape index (κ1) is 11.7. The summed E-state index contributed by atoms with van der Waals surface area (Å²) in [6.45, 7) is 2.53. The van der Waals surface area contributed by atoms with Crippen molar-refractivity contribution in [3.8, 4) is 0 Å². The van der Waals surface area contributed by atoms with Crippen molar-refractivity contribution in [2.45, 2.75) is 12.8 Å². The zero-order valence-electron chi connectivity index (χ0n) is 9.01. The van der Waals surface area contributed by atoms with Crippen molar-refractivity contribution >= 4 is 17.3 Å². The first-order chi connectivity index (χ1) is 7.75. The molecule has 1 aliphatic heterocycles. The zero-order valence-corrected chi connectivity index (χ0v) is 9.77. The molecule has 4 heteroatoms. The third-order valence-corrected chi connectivity index (χ3v) is 3.16. The number of rotatable bonds is 3. The highest BCUT2D eigenvalue weighted by Gasteiger charge is 2.13. The molecule has 2 rings (SSSR count). The number of halogens is 2. The topological polar surface area (TPSA) is 21.3 Å². The van der Waals surface area contributed by atoms with Crippen LogP contribution in [0.4, 0.5) is 10.1 Å². The highest BCUT2D eigenvalue weighted by Crippen LogP contribution is 2.20. The van der Waals surface area contributed by atoms with Gasteiger partial charge in [0, 0.05) is 25.4 Å². The Morgan fingerprint density at radius 2 is 2.12 bits per heavy atom. The molecule has 0 bridgehead atoms. The van der Waals surface area contributed by atoms with E-state index in [9.17, 15) is 4.39 Å². The van der Waals surface area contributed by atoms with E-state index >= 15 is 0 Å². The molecule has 0 amide bonds. The van der Waals surface area contributed by atoms with Crippen molar-refractivity contribution in [1.82, 2.24) is 0 Å². The fourth-order valence-electron chi connectivity index (χ4n) is 1.82. The first-order valence-corrected chi connectivity index (χ1v) is 5.90. The van der Waals surface area contributed by atoms with Crippen molar-refractivity contribution < 1.29 is 9.13 Å². The SMILES string of the molecule is Fc1cc(NCC2CCOCC2)ccc1Cl. The van der Waals surface area contributed by atoms with Crippen LogP contribution in [0.3, 0.4) is 0 Å². The van der Waals surface area contributed by atoms with Crippen LogP contribution in [-0.2, 0) is 4.74 Å². The minimum Gasteiger partial charge on any atom is -0.385 e. The van der Waals surface area contributed by atoms with E-state index in [-0.39, 0.29) is 10.8 Å². The maximum atomic E-state index is 13.2. The number of benzene rings is 1. The molecular weight excluding hydrogens is 229 g/mol. The van der Waals surface area contributed by atoms with E-state index in [0.717, 1.165) is 38.3 Å². The van der Waals surface area contributed by atoms with Gasteiger partial charge in [0.15, 0.2) is 0 Å². The second-order valence-electron chi connectivity index (χ2n) is 4.07. The fraction of sp³-hybridized carbons (Fsp3) is 0.500. The Morgan fingerprint density at radius 3 is 2.81 bits per heavy atom.